The predicted molar refractivity (Wildman–Crippen MR) is 112 cm³/mol. The van der Waals surface area contributed by atoms with Crippen LogP contribution in [0.25, 0.3) is 0 Å². The lowest BCUT2D eigenvalue weighted by molar-refractivity contribution is -0.123. The van der Waals surface area contributed by atoms with E-state index in [4.69, 9.17) is 14.0 Å². The average Bonchev–Trinajstić information content (AvgIpc) is 3.17. The van der Waals surface area contributed by atoms with Crippen molar-refractivity contribution in [1.82, 2.24) is 10.1 Å². The molecule has 0 radical (unpaired) electrons. The van der Waals surface area contributed by atoms with E-state index in [1.54, 1.807) is 42.6 Å². The van der Waals surface area contributed by atoms with Crippen molar-refractivity contribution >= 4 is 29.3 Å². The number of amides is 1. The monoisotopic (exact) mass is 427 g/mol. The van der Waals surface area contributed by atoms with Crippen molar-refractivity contribution in [2.45, 2.75) is 30.7 Å². The zero-order valence-corrected chi connectivity index (χ0v) is 17.6. The smallest absolute Gasteiger partial charge is 0.341 e. The van der Waals surface area contributed by atoms with Crippen molar-refractivity contribution in [3.63, 3.8) is 0 Å². The van der Waals surface area contributed by atoms with Crippen LogP contribution in [0.15, 0.2) is 58.2 Å². The van der Waals surface area contributed by atoms with E-state index in [1.165, 1.54) is 25.8 Å². The number of rotatable bonds is 8. The number of nitrogens with one attached hydrogen (secondary N) is 1. The number of pyridine rings is 1. The number of benzene rings is 1. The summed E-state index contributed by atoms with van der Waals surface area (Å²) in [7, 11) is 1.51. The van der Waals surface area contributed by atoms with E-state index in [-0.39, 0.29) is 5.56 Å². The van der Waals surface area contributed by atoms with Crippen LogP contribution in [0.3, 0.4) is 0 Å². The highest BCUT2D eigenvalue weighted by Crippen LogP contribution is 2.26. The minimum atomic E-state index is -1.02. The third-order valence-corrected chi connectivity index (χ3v) is 5.08. The van der Waals surface area contributed by atoms with E-state index in [9.17, 15) is 9.59 Å². The summed E-state index contributed by atoms with van der Waals surface area (Å²) in [6, 6.07) is 12.0. The molecule has 3 aromatic rings. The van der Waals surface area contributed by atoms with Gasteiger partial charge in [-0.25, -0.2) is 9.78 Å². The zero-order chi connectivity index (χ0) is 21.5. The van der Waals surface area contributed by atoms with Crippen LogP contribution in [0.4, 0.5) is 5.69 Å². The summed E-state index contributed by atoms with van der Waals surface area (Å²) in [5.74, 6) is 0.603. The fraction of sp³-hybridized carbons (Fsp3) is 0.238. The van der Waals surface area contributed by atoms with Gasteiger partial charge in [0, 0.05) is 18.0 Å². The summed E-state index contributed by atoms with van der Waals surface area (Å²) >= 11 is 1.33. The first-order chi connectivity index (χ1) is 14.5. The highest BCUT2D eigenvalue weighted by atomic mass is 32.2. The number of thioether (sulfide) groups is 1. The molecule has 0 saturated carbocycles. The highest BCUT2D eigenvalue weighted by Gasteiger charge is 2.22. The van der Waals surface area contributed by atoms with Gasteiger partial charge in [-0.05, 0) is 38.1 Å². The lowest BCUT2D eigenvalue weighted by atomic mass is 10.2. The SMILES string of the molecule is COc1ccccc1NC(=O)C(C)OC(=O)c1cccnc1SCc1cc(C)on1. The van der Waals surface area contributed by atoms with E-state index >= 15 is 0 Å². The van der Waals surface area contributed by atoms with E-state index in [0.29, 0.717) is 28.0 Å². The van der Waals surface area contributed by atoms with Crippen molar-refractivity contribution in [2.75, 3.05) is 12.4 Å². The number of carbonyl (C=O) groups excluding carboxylic acids is 2. The van der Waals surface area contributed by atoms with Gasteiger partial charge in [0.2, 0.25) is 0 Å². The summed E-state index contributed by atoms with van der Waals surface area (Å²) in [6.07, 6.45) is 0.573. The molecule has 1 N–H and O–H groups in total. The third kappa shape index (κ3) is 5.38. The molecular formula is C21H21N3O5S. The van der Waals surface area contributed by atoms with Gasteiger partial charge >= 0.3 is 5.97 Å². The first kappa shape index (κ1) is 21.4. The first-order valence-corrected chi connectivity index (χ1v) is 10.1. The molecule has 0 spiro atoms. The van der Waals surface area contributed by atoms with Crippen LogP contribution in [0, 0.1) is 6.92 Å². The summed E-state index contributed by atoms with van der Waals surface area (Å²) in [5, 5.41) is 7.12. The highest BCUT2D eigenvalue weighted by molar-refractivity contribution is 7.98. The number of hydrogen-bond donors (Lipinski definition) is 1. The molecule has 0 fully saturated rings. The molecule has 0 aliphatic heterocycles. The molecule has 1 amide bonds. The van der Waals surface area contributed by atoms with Crippen LogP contribution >= 0.6 is 11.8 Å². The number of aryl methyl sites for hydroxylation is 1. The molecule has 1 aromatic carbocycles. The molecule has 156 valence electrons. The Morgan fingerprint density at radius 1 is 1.23 bits per heavy atom. The number of hydrogen-bond acceptors (Lipinski definition) is 8. The van der Waals surface area contributed by atoms with Gasteiger partial charge in [0.15, 0.2) is 6.10 Å². The molecule has 8 nitrogen and oxygen atoms in total. The molecule has 2 heterocycles. The molecule has 3 rings (SSSR count). The van der Waals surface area contributed by atoms with Crippen LogP contribution in [0.2, 0.25) is 0 Å². The number of carbonyl (C=O) groups is 2. The maximum atomic E-state index is 12.7. The van der Waals surface area contributed by atoms with Gasteiger partial charge in [0.1, 0.15) is 16.5 Å². The van der Waals surface area contributed by atoms with E-state index in [0.717, 1.165) is 5.69 Å². The second-order valence-electron chi connectivity index (χ2n) is 6.31. The number of para-hydroxylation sites is 2. The minimum absolute atomic E-state index is 0.277. The van der Waals surface area contributed by atoms with Gasteiger partial charge in [-0.3, -0.25) is 4.79 Å². The van der Waals surface area contributed by atoms with Gasteiger partial charge < -0.3 is 19.3 Å². The van der Waals surface area contributed by atoms with Crippen LogP contribution < -0.4 is 10.1 Å². The number of ether oxygens (including phenoxy) is 2. The Morgan fingerprint density at radius 3 is 2.77 bits per heavy atom. The van der Waals surface area contributed by atoms with Crippen LogP contribution in [0.5, 0.6) is 5.75 Å². The van der Waals surface area contributed by atoms with Crippen LogP contribution in [-0.4, -0.2) is 35.2 Å². The largest absolute Gasteiger partial charge is 0.495 e. The van der Waals surface area contributed by atoms with Crippen LogP contribution in [0.1, 0.15) is 28.7 Å². The third-order valence-electron chi connectivity index (χ3n) is 4.04. The lowest BCUT2D eigenvalue weighted by Gasteiger charge is -2.15. The van der Waals surface area contributed by atoms with Crippen molar-refractivity contribution in [2.24, 2.45) is 0 Å². The molecular weight excluding hydrogens is 406 g/mol. The molecule has 2 aromatic heterocycles. The van der Waals surface area contributed by atoms with E-state index < -0.39 is 18.0 Å². The normalized spacial score (nSPS) is 11.6. The van der Waals surface area contributed by atoms with Crippen molar-refractivity contribution in [1.29, 1.82) is 0 Å². The fourth-order valence-corrected chi connectivity index (χ4v) is 3.41. The minimum Gasteiger partial charge on any atom is -0.495 e. The Balaban J connectivity index is 1.64. The van der Waals surface area contributed by atoms with Gasteiger partial charge in [0.05, 0.1) is 24.1 Å². The van der Waals surface area contributed by atoms with Gasteiger partial charge in [0.25, 0.3) is 5.91 Å². The molecule has 30 heavy (non-hydrogen) atoms. The molecule has 0 bridgehead atoms. The second kappa shape index (κ2) is 9.93. The standard InChI is InChI=1S/C21H21N3O5S/c1-13-11-15(24-29-13)12-30-20-16(7-6-10-22-20)21(26)28-14(2)19(25)23-17-8-4-5-9-18(17)27-3/h4-11,14H,12H2,1-3H3,(H,23,25). The van der Waals surface area contributed by atoms with E-state index in [1.807, 2.05) is 13.0 Å². The lowest BCUT2D eigenvalue weighted by Crippen LogP contribution is -2.30. The Bertz CT molecular complexity index is 1040. The van der Waals surface area contributed by atoms with Crippen LogP contribution in [-0.2, 0) is 15.3 Å². The molecule has 0 saturated heterocycles. The maximum absolute atomic E-state index is 12.7. The molecule has 1 atom stereocenters. The molecule has 9 heteroatoms. The molecule has 0 aliphatic carbocycles. The van der Waals surface area contributed by atoms with Crippen molar-refractivity contribution in [3.05, 3.63) is 65.7 Å². The Morgan fingerprint density at radius 2 is 2.03 bits per heavy atom. The second-order valence-corrected chi connectivity index (χ2v) is 7.27. The number of esters is 1. The topological polar surface area (TPSA) is 104 Å². The average molecular weight is 427 g/mol. The zero-order valence-electron chi connectivity index (χ0n) is 16.7. The summed E-state index contributed by atoms with van der Waals surface area (Å²) in [6.45, 7) is 3.31. The molecule has 0 aliphatic rings. The number of aromatic nitrogens is 2. The number of anilines is 1. The molecule has 1 unspecified atom stereocenters. The Hall–Kier alpha value is -3.33. The summed E-state index contributed by atoms with van der Waals surface area (Å²) in [5.41, 5.74) is 1.51. The predicted octanol–water partition coefficient (Wildman–Crippen LogP) is 3.86. The van der Waals surface area contributed by atoms with Gasteiger partial charge in [-0.1, -0.05) is 29.1 Å². The van der Waals surface area contributed by atoms with Gasteiger partial charge in [-0.2, -0.15) is 0 Å². The summed E-state index contributed by atoms with van der Waals surface area (Å²) in [4.78, 5) is 29.4. The summed E-state index contributed by atoms with van der Waals surface area (Å²) < 4.78 is 15.6. The van der Waals surface area contributed by atoms with Gasteiger partial charge in [-0.15, -0.1) is 0 Å². The van der Waals surface area contributed by atoms with Crippen molar-refractivity contribution in [3.8, 4) is 5.75 Å². The van der Waals surface area contributed by atoms with E-state index in [2.05, 4.69) is 15.5 Å². The Kier molecular flexibility index (Phi) is 7.08. The van der Waals surface area contributed by atoms with Crippen molar-refractivity contribution < 1.29 is 23.6 Å². The Labute approximate surface area is 178 Å². The number of methoxy groups -OCH3 is 1. The quantitative estimate of drug-likeness (QED) is 0.427. The fourth-order valence-electron chi connectivity index (χ4n) is 2.55. The first-order valence-electron chi connectivity index (χ1n) is 9.12. The number of nitrogens with zero attached hydrogens (tertiary/aromatic N) is 2. The maximum Gasteiger partial charge on any atom is 0.341 e.